The van der Waals surface area contributed by atoms with E-state index in [1.807, 2.05) is 0 Å². The first-order valence-corrected chi connectivity index (χ1v) is 8.39. The van der Waals surface area contributed by atoms with E-state index in [-0.39, 0.29) is 12.1 Å². The third-order valence-corrected chi connectivity index (χ3v) is 4.09. The van der Waals surface area contributed by atoms with E-state index in [0.717, 1.165) is 22.3 Å². The lowest BCUT2D eigenvalue weighted by atomic mass is 10.1. The van der Waals surface area contributed by atoms with E-state index in [9.17, 15) is 22.8 Å². The topological polar surface area (TPSA) is 67.9 Å². The number of hydrogen-bond acceptors (Lipinski definition) is 4. The Morgan fingerprint density at radius 2 is 1.96 bits per heavy atom. The van der Waals surface area contributed by atoms with Crippen LogP contribution in [0.1, 0.15) is 11.1 Å². The summed E-state index contributed by atoms with van der Waals surface area (Å²) >= 11 is 0. The third-order valence-electron chi connectivity index (χ3n) is 4.09. The molecule has 9 heteroatoms. The molecular formula is C19H17F3N2O4. The number of likely N-dealkylation sites (N-methyl/N-ethyl adjacent to an activating group) is 1. The molecule has 0 saturated carbocycles. The van der Waals surface area contributed by atoms with Crippen molar-refractivity contribution in [1.82, 2.24) is 4.90 Å². The Morgan fingerprint density at radius 1 is 1.21 bits per heavy atom. The smallest absolute Gasteiger partial charge is 0.493 e. The Balaban J connectivity index is 1.65. The van der Waals surface area contributed by atoms with Gasteiger partial charge >= 0.3 is 18.2 Å². The Morgan fingerprint density at radius 3 is 2.71 bits per heavy atom. The van der Waals surface area contributed by atoms with Crippen LogP contribution >= 0.6 is 0 Å². The van der Waals surface area contributed by atoms with E-state index in [1.54, 1.807) is 18.2 Å². The first-order chi connectivity index (χ1) is 13.2. The van der Waals surface area contributed by atoms with Crippen LogP contribution in [-0.2, 0) is 22.6 Å². The minimum absolute atomic E-state index is 0.123. The van der Waals surface area contributed by atoms with Gasteiger partial charge in [-0.2, -0.15) is 0 Å². The molecule has 2 aromatic rings. The molecule has 1 heterocycles. The van der Waals surface area contributed by atoms with Crippen LogP contribution in [0.15, 0.2) is 42.5 Å². The van der Waals surface area contributed by atoms with Gasteiger partial charge in [-0.15, -0.1) is 13.2 Å². The Kier molecular flexibility index (Phi) is 5.43. The number of amides is 2. The molecule has 0 aromatic heterocycles. The SMILES string of the molecule is CN(Cc1ccccc1OC(F)(F)F)C(=O)C(=O)Nc1ccc2c(c1)CCO2. The van der Waals surface area contributed by atoms with Gasteiger partial charge in [0.15, 0.2) is 0 Å². The molecule has 148 valence electrons. The molecule has 1 N–H and O–H groups in total. The number of alkyl halides is 3. The van der Waals surface area contributed by atoms with Crippen LogP contribution in [0.5, 0.6) is 11.5 Å². The summed E-state index contributed by atoms with van der Waals surface area (Å²) in [6.07, 6.45) is -4.14. The van der Waals surface area contributed by atoms with Crippen molar-refractivity contribution in [1.29, 1.82) is 0 Å². The largest absolute Gasteiger partial charge is 0.573 e. The van der Waals surface area contributed by atoms with Gasteiger partial charge in [-0.05, 0) is 29.8 Å². The van der Waals surface area contributed by atoms with Crippen LogP contribution in [0, 0.1) is 0 Å². The van der Waals surface area contributed by atoms with Crippen molar-refractivity contribution in [3.8, 4) is 11.5 Å². The van der Waals surface area contributed by atoms with Gasteiger partial charge in [0.05, 0.1) is 6.61 Å². The molecule has 0 fully saturated rings. The van der Waals surface area contributed by atoms with Crippen molar-refractivity contribution in [2.45, 2.75) is 19.3 Å². The quantitative estimate of drug-likeness (QED) is 0.810. The maximum Gasteiger partial charge on any atom is 0.573 e. The number of halogens is 3. The molecule has 1 aliphatic heterocycles. The minimum atomic E-state index is -4.85. The summed E-state index contributed by atoms with van der Waals surface area (Å²) < 4.78 is 46.9. The molecule has 0 saturated heterocycles. The van der Waals surface area contributed by atoms with Gasteiger partial charge in [0.2, 0.25) is 0 Å². The summed E-state index contributed by atoms with van der Waals surface area (Å²) in [5.41, 5.74) is 1.49. The van der Waals surface area contributed by atoms with E-state index >= 15 is 0 Å². The number of para-hydroxylation sites is 1. The van der Waals surface area contributed by atoms with Crippen LogP contribution in [0.3, 0.4) is 0 Å². The van der Waals surface area contributed by atoms with Crippen molar-refractivity contribution in [3.05, 3.63) is 53.6 Å². The summed E-state index contributed by atoms with van der Waals surface area (Å²) in [7, 11) is 1.32. The zero-order valence-corrected chi connectivity index (χ0v) is 14.9. The van der Waals surface area contributed by atoms with Crippen LogP contribution in [0.4, 0.5) is 18.9 Å². The normalized spacial score (nSPS) is 12.7. The molecule has 28 heavy (non-hydrogen) atoms. The molecule has 0 aliphatic carbocycles. The molecule has 1 aliphatic rings. The maximum absolute atomic E-state index is 12.5. The van der Waals surface area contributed by atoms with E-state index in [1.165, 1.54) is 25.2 Å². The van der Waals surface area contributed by atoms with E-state index in [0.29, 0.717) is 18.7 Å². The molecule has 0 radical (unpaired) electrons. The highest BCUT2D eigenvalue weighted by Gasteiger charge is 2.32. The maximum atomic E-state index is 12.5. The Bertz CT molecular complexity index is 899. The lowest BCUT2D eigenvalue weighted by Gasteiger charge is -2.19. The molecule has 0 atom stereocenters. The van der Waals surface area contributed by atoms with Crippen molar-refractivity contribution in [3.63, 3.8) is 0 Å². The number of carbonyl (C=O) groups excluding carboxylic acids is 2. The minimum Gasteiger partial charge on any atom is -0.493 e. The molecule has 0 bridgehead atoms. The van der Waals surface area contributed by atoms with Gasteiger partial charge in [-0.1, -0.05) is 18.2 Å². The predicted octanol–water partition coefficient (Wildman–Crippen LogP) is 3.12. The van der Waals surface area contributed by atoms with E-state index in [4.69, 9.17) is 4.74 Å². The van der Waals surface area contributed by atoms with Gasteiger partial charge in [-0.3, -0.25) is 9.59 Å². The van der Waals surface area contributed by atoms with Crippen molar-refractivity contribution < 1.29 is 32.2 Å². The first kappa shape index (κ1) is 19.5. The van der Waals surface area contributed by atoms with Crippen LogP contribution < -0.4 is 14.8 Å². The Labute approximate surface area is 158 Å². The average molecular weight is 394 g/mol. The number of ether oxygens (including phenoxy) is 2. The fourth-order valence-electron chi connectivity index (χ4n) is 2.81. The molecular weight excluding hydrogens is 377 g/mol. The zero-order chi connectivity index (χ0) is 20.3. The number of fused-ring (bicyclic) bond motifs is 1. The van der Waals surface area contributed by atoms with Gasteiger partial charge in [0, 0.05) is 31.3 Å². The number of hydrogen-bond donors (Lipinski definition) is 1. The molecule has 2 aromatic carbocycles. The lowest BCUT2D eigenvalue weighted by Crippen LogP contribution is -2.36. The van der Waals surface area contributed by atoms with Gasteiger partial charge in [0.1, 0.15) is 11.5 Å². The monoisotopic (exact) mass is 394 g/mol. The van der Waals surface area contributed by atoms with Crippen LogP contribution in [0.25, 0.3) is 0 Å². The highest BCUT2D eigenvalue weighted by molar-refractivity contribution is 6.39. The lowest BCUT2D eigenvalue weighted by molar-refractivity contribution is -0.275. The second kappa shape index (κ2) is 7.79. The summed E-state index contributed by atoms with van der Waals surface area (Å²) in [4.78, 5) is 25.5. The summed E-state index contributed by atoms with van der Waals surface area (Å²) in [6, 6.07) is 10.5. The zero-order valence-electron chi connectivity index (χ0n) is 14.9. The molecule has 0 spiro atoms. The number of nitrogens with zero attached hydrogens (tertiary/aromatic N) is 1. The molecule has 6 nitrogen and oxygen atoms in total. The van der Waals surface area contributed by atoms with Crippen molar-refractivity contribution in [2.75, 3.05) is 19.0 Å². The summed E-state index contributed by atoms with van der Waals surface area (Å²) in [5.74, 6) is -1.47. The van der Waals surface area contributed by atoms with Gasteiger partial charge < -0.3 is 19.7 Å². The van der Waals surface area contributed by atoms with E-state index in [2.05, 4.69) is 10.1 Å². The number of nitrogens with one attached hydrogen (secondary N) is 1. The predicted molar refractivity (Wildman–Crippen MR) is 93.9 cm³/mol. The first-order valence-electron chi connectivity index (χ1n) is 8.39. The third kappa shape index (κ3) is 4.73. The van der Waals surface area contributed by atoms with Crippen molar-refractivity contribution in [2.24, 2.45) is 0 Å². The Hall–Kier alpha value is -3.23. The number of rotatable bonds is 4. The second-order valence-corrected chi connectivity index (χ2v) is 6.19. The number of carbonyl (C=O) groups is 2. The van der Waals surface area contributed by atoms with Gasteiger partial charge in [0.25, 0.3) is 0 Å². The number of benzene rings is 2. The number of anilines is 1. The molecule has 0 unspecified atom stereocenters. The van der Waals surface area contributed by atoms with Crippen molar-refractivity contribution >= 4 is 17.5 Å². The van der Waals surface area contributed by atoms with E-state index < -0.39 is 23.9 Å². The standard InChI is InChI=1S/C19H17F3N2O4/c1-24(11-13-4-2-3-5-16(13)28-19(20,21)22)18(26)17(25)23-14-6-7-15-12(10-14)8-9-27-15/h2-7,10H,8-9,11H2,1H3,(H,23,25). The van der Waals surface area contributed by atoms with Crippen LogP contribution in [0.2, 0.25) is 0 Å². The fraction of sp³-hybridized carbons (Fsp3) is 0.263. The molecule has 3 rings (SSSR count). The highest BCUT2D eigenvalue weighted by Crippen LogP contribution is 2.28. The summed E-state index contributed by atoms with van der Waals surface area (Å²) in [6.45, 7) is 0.338. The summed E-state index contributed by atoms with van der Waals surface area (Å²) in [5, 5.41) is 2.49. The highest BCUT2D eigenvalue weighted by atomic mass is 19.4. The van der Waals surface area contributed by atoms with Crippen LogP contribution in [-0.4, -0.2) is 36.7 Å². The average Bonchev–Trinajstić information content (AvgIpc) is 3.09. The van der Waals surface area contributed by atoms with Gasteiger partial charge in [-0.25, -0.2) is 0 Å². The second-order valence-electron chi connectivity index (χ2n) is 6.19. The fourth-order valence-corrected chi connectivity index (χ4v) is 2.81. The molecule has 2 amide bonds.